The molecule has 0 aliphatic carbocycles. The Balaban J connectivity index is -0.0000000700. The number of carboxylic acids is 2. The van der Waals surface area contributed by atoms with Crippen LogP contribution in [0.25, 0.3) is 0 Å². The van der Waals surface area contributed by atoms with Gasteiger partial charge < -0.3 is 21.3 Å². The number of hydrogen-bond acceptors (Lipinski definition) is 4. The number of carbonyl (C=O) groups is 2. The Morgan fingerprint density at radius 2 is 1.00 bits per heavy atom. The summed E-state index contributed by atoms with van der Waals surface area (Å²) in [5.74, 6) is -1.67. The van der Waals surface area contributed by atoms with Crippen LogP contribution in [0.5, 0.6) is 0 Å². The molecule has 0 aromatic carbocycles. The summed E-state index contributed by atoms with van der Waals surface area (Å²) >= 11 is 0. The number of hydrogen-bond donors (Lipinski definition) is 3. The van der Waals surface area contributed by atoms with E-state index >= 15 is 0 Å². The first kappa shape index (κ1) is 24.2. The highest BCUT2D eigenvalue weighted by Gasteiger charge is 1.89. The van der Waals surface area contributed by atoms with E-state index in [1.54, 1.807) is 0 Å². The molecule has 6 heteroatoms. The summed E-state index contributed by atoms with van der Waals surface area (Å²) in [6.45, 7) is 12.3. The highest BCUT2D eigenvalue weighted by molar-refractivity contribution is 5.63. The van der Waals surface area contributed by atoms with Crippen LogP contribution < -0.4 is 6.15 Å². The molecule has 0 amide bonds. The molecule has 0 unspecified atom stereocenters. The van der Waals surface area contributed by atoms with Crippen LogP contribution in [0.1, 0.15) is 34.6 Å². The SMILES string of the molecule is CC(=O)O.CC(=O)O.CCN(CC)CC.N. The predicted octanol–water partition coefficient (Wildman–Crippen LogP) is 1.69. The topological polar surface area (TPSA) is 113 Å². The fourth-order valence-corrected chi connectivity index (χ4v) is 0.671. The molecular formula is C10H26N2O4. The van der Waals surface area contributed by atoms with E-state index in [2.05, 4.69) is 25.7 Å². The minimum absolute atomic E-state index is 0. The third-order valence-corrected chi connectivity index (χ3v) is 1.34. The molecule has 0 radical (unpaired) electrons. The van der Waals surface area contributed by atoms with Crippen molar-refractivity contribution in [3.05, 3.63) is 0 Å². The van der Waals surface area contributed by atoms with E-state index in [1.807, 2.05) is 0 Å². The van der Waals surface area contributed by atoms with Gasteiger partial charge in [0.25, 0.3) is 11.9 Å². The van der Waals surface area contributed by atoms with E-state index in [9.17, 15) is 0 Å². The molecule has 0 saturated carbocycles. The first-order valence-electron chi connectivity index (χ1n) is 4.93. The lowest BCUT2D eigenvalue weighted by molar-refractivity contribution is -0.135. The van der Waals surface area contributed by atoms with Crippen molar-refractivity contribution >= 4 is 11.9 Å². The average molecular weight is 238 g/mol. The van der Waals surface area contributed by atoms with Gasteiger partial charge in [-0.1, -0.05) is 20.8 Å². The van der Waals surface area contributed by atoms with Crippen molar-refractivity contribution in [3.8, 4) is 0 Å². The fraction of sp³-hybridized carbons (Fsp3) is 0.800. The molecule has 6 nitrogen and oxygen atoms in total. The Morgan fingerprint density at radius 1 is 0.875 bits per heavy atom. The second-order valence-corrected chi connectivity index (χ2v) is 2.66. The van der Waals surface area contributed by atoms with Gasteiger partial charge in [-0.2, -0.15) is 0 Å². The van der Waals surface area contributed by atoms with Crippen molar-refractivity contribution in [1.29, 1.82) is 0 Å². The Kier molecular flexibility index (Phi) is 29.4. The molecule has 100 valence electrons. The van der Waals surface area contributed by atoms with Crippen molar-refractivity contribution in [2.75, 3.05) is 19.6 Å². The van der Waals surface area contributed by atoms with Gasteiger partial charge in [-0.3, -0.25) is 9.59 Å². The van der Waals surface area contributed by atoms with E-state index in [-0.39, 0.29) is 6.15 Å². The molecule has 0 fully saturated rings. The van der Waals surface area contributed by atoms with Crippen molar-refractivity contribution in [2.45, 2.75) is 34.6 Å². The minimum atomic E-state index is -0.833. The van der Waals surface area contributed by atoms with Gasteiger partial charge in [-0.25, -0.2) is 0 Å². The fourth-order valence-electron chi connectivity index (χ4n) is 0.671. The van der Waals surface area contributed by atoms with E-state index in [4.69, 9.17) is 19.8 Å². The molecule has 0 aliphatic heterocycles. The Labute approximate surface area is 97.8 Å². The zero-order valence-corrected chi connectivity index (χ0v) is 11.0. The van der Waals surface area contributed by atoms with Gasteiger partial charge in [0.1, 0.15) is 0 Å². The summed E-state index contributed by atoms with van der Waals surface area (Å²) in [6.07, 6.45) is 0. The number of aliphatic carboxylic acids is 2. The Hall–Kier alpha value is -1.14. The molecule has 0 aromatic heterocycles. The highest BCUT2D eigenvalue weighted by atomic mass is 16.4. The van der Waals surface area contributed by atoms with E-state index in [0.717, 1.165) is 13.8 Å². The van der Waals surface area contributed by atoms with E-state index < -0.39 is 11.9 Å². The first-order chi connectivity index (χ1) is 6.81. The predicted molar refractivity (Wildman–Crippen MR) is 65.1 cm³/mol. The molecule has 0 spiro atoms. The zero-order chi connectivity index (χ0) is 12.9. The second-order valence-electron chi connectivity index (χ2n) is 2.66. The maximum absolute atomic E-state index is 9.00. The van der Waals surface area contributed by atoms with Crippen LogP contribution in [0.2, 0.25) is 0 Å². The van der Waals surface area contributed by atoms with Crippen LogP contribution in [0, 0.1) is 0 Å². The maximum Gasteiger partial charge on any atom is 0.300 e. The van der Waals surface area contributed by atoms with Crippen LogP contribution in [-0.2, 0) is 9.59 Å². The Morgan fingerprint density at radius 3 is 1.00 bits per heavy atom. The van der Waals surface area contributed by atoms with Gasteiger partial charge in [-0.15, -0.1) is 0 Å². The third kappa shape index (κ3) is 76.6. The standard InChI is InChI=1S/C6H15N.2C2H4O2.H3N/c1-4-7(5-2)6-3;2*1-2(3)4;/h4-6H2,1-3H3;2*1H3,(H,3,4);1H3. The molecule has 5 N–H and O–H groups in total. The lowest BCUT2D eigenvalue weighted by Gasteiger charge is -2.13. The minimum Gasteiger partial charge on any atom is -0.481 e. The monoisotopic (exact) mass is 238 g/mol. The lowest BCUT2D eigenvalue weighted by Crippen LogP contribution is -2.21. The smallest absolute Gasteiger partial charge is 0.300 e. The summed E-state index contributed by atoms with van der Waals surface area (Å²) in [4.78, 5) is 20.4. The summed E-state index contributed by atoms with van der Waals surface area (Å²) in [7, 11) is 0. The van der Waals surface area contributed by atoms with Crippen LogP contribution in [0.4, 0.5) is 0 Å². The van der Waals surface area contributed by atoms with Gasteiger partial charge in [0.2, 0.25) is 0 Å². The van der Waals surface area contributed by atoms with Gasteiger partial charge in [-0.05, 0) is 19.6 Å². The second kappa shape index (κ2) is 19.4. The molecule has 0 heterocycles. The summed E-state index contributed by atoms with van der Waals surface area (Å²) in [5, 5.41) is 14.8. The molecule has 0 bridgehead atoms. The first-order valence-corrected chi connectivity index (χ1v) is 4.93. The highest BCUT2D eigenvalue weighted by Crippen LogP contribution is 1.81. The van der Waals surface area contributed by atoms with Crippen LogP contribution >= 0.6 is 0 Å². The van der Waals surface area contributed by atoms with Crippen molar-refractivity contribution in [2.24, 2.45) is 0 Å². The number of nitrogens with zero attached hydrogens (tertiary/aromatic N) is 1. The van der Waals surface area contributed by atoms with Crippen LogP contribution in [-0.4, -0.2) is 46.7 Å². The number of rotatable bonds is 3. The van der Waals surface area contributed by atoms with Crippen LogP contribution in [0.3, 0.4) is 0 Å². The van der Waals surface area contributed by atoms with E-state index in [1.165, 1.54) is 19.6 Å². The van der Waals surface area contributed by atoms with Gasteiger partial charge in [0.05, 0.1) is 0 Å². The number of carboxylic acid groups (broad SMARTS) is 2. The lowest BCUT2D eigenvalue weighted by atomic mass is 10.5. The molecule has 0 atom stereocenters. The molecule has 0 rings (SSSR count). The van der Waals surface area contributed by atoms with Gasteiger partial charge >= 0.3 is 0 Å². The molecular weight excluding hydrogens is 212 g/mol. The van der Waals surface area contributed by atoms with Crippen molar-refractivity contribution in [3.63, 3.8) is 0 Å². The van der Waals surface area contributed by atoms with Crippen molar-refractivity contribution in [1.82, 2.24) is 11.1 Å². The normalized spacial score (nSPS) is 7.62. The maximum atomic E-state index is 9.00. The average Bonchev–Trinajstić information content (AvgIpc) is 2.05. The summed E-state index contributed by atoms with van der Waals surface area (Å²) < 4.78 is 0. The largest absolute Gasteiger partial charge is 0.481 e. The summed E-state index contributed by atoms with van der Waals surface area (Å²) in [5.41, 5.74) is 0. The zero-order valence-electron chi connectivity index (χ0n) is 11.0. The molecule has 16 heavy (non-hydrogen) atoms. The molecule has 0 aliphatic rings. The quantitative estimate of drug-likeness (QED) is 0.689. The van der Waals surface area contributed by atoms with Gasteiger partial charge in [0, 0.05) is 13.8 Å². The summed E-state index contributed by atoms with van der Waals surface area (Å²) in [6, 6.07) is 0. The van der Waals surface area contributed by atoms with E-state index in [0.29, 0.717) is 0 Å². The van der Waals surface area contributed by atoms with Gasteiger partial charge in [0.15, 0.2) is 0 Å². The molecule has 0 saturated heterocycles. The van der Waals surface area contributed by atoms with Crippen molar-refractivity contribution < 1.29 is 19.8 Å². The Bertz CT molecular complexity index is 133. The third-order valence-electron chi connectivity index (χ3n) is 1.34. The van der Waals surface area contributed by atoms with Crippen LogP contribution in [0.15, 0.2) is 0 Å². The molecule has 0 aromatic rings.